The molecule has 0 saturated heterocycles. The summed E-state index contributed by atoms with van der Waals surface area (Å²) in [7, 11) is -12.6. The van der Waals surface area contributed by atoms with E-state index >= 15 is 0 Å². The molecule has 2 heterocycles. The van der Waals surface area contributed by atoms with Crippen molar-refractivity contribution in [3.63, 3.8) is 0 Å². The van der Waals surface area contributed by atoms with Crippen molar-refractivity contribution in [2.45, 2.75) is 38.9 Å². The number of hydrogen-bond acceptors (Lipinski definition) is 7. The van der Waals surface area contributed by atoms with E-state index in [1.165, 1.54) is 27.7 Å². The van der Waals surface area contributed by atoms with Gasteiger partial charge in [0.1, 0.15) is 20.2 Å². The third kappa shape index (κ3) is 6.12. The number of H-pyrrole nitrogens is 1. The molecule has 148 valence electrons. The smallest absolute Gasteiger partial charge is 0.744 e. The zero-order chi connectivity index (χ0) is 20.9. The molecule has 29 heavy (non-hydrogen) atoms. The number of aromatic amines is 1. The van der Waals surface area contributed by atoms with E-state index in [9.17, 15) is 34.6 Å². The summed E-state index contributed by atoms with van der Waals surface area (Å²) in [5, 5.41) is 0. The average Bonchev–Trinajstić information content (AvgIpc) is 2.91. The van der Waals surface area contributed by atoms with Crippen LogP contribution in [0.1, 0.15) is 30.8 Å². The summed E-state index contributed by atoms with van der Waals surface area (Å²) < 4.78 is 95.1. The molecule has 0 atom stereocenters. The van der Waals surface area contributed by atoms with E-state index < -0.39 is 43.6 Å². The van der Waals surface area contributed by atoms with Gasteiger partial charge in [-0.3, -0.25) is 13.6 Å². The molecule has 15 heteroatoms. The van der Waals surface area contributed by atoms with Crippen LogP contribution in [0, 0.1) is 13.8 Å². The Bertz CT molecular complexity index is 1130. The largest absolute Gasteiger partial charge is 1.00 e. The molecule has 0 aliphatic carbocycles. The molecule has 1 aliphatic rings. The van der Waals surface area contributed by atoms with E-state index in [4.69, 9.17) is 0 Å². The van der Waals surface area contributed by atoms with Crippen LogP contribution in [0.25, 0.3) is 5.57 Å². The molecule has 1 aromatic rings. The standard InChI is InChI=1S/C14H17BF2N2O6S2.2Na/c1-6-11(18-8(3)13(6)26(20,21)22)10(5-15(16)17)12-7(2)14(9(4)19-12)27(23,24)25;;/h18H,5H2,1-4H3,(H,20,21,22)(H,23,24,25);;/q;2*+1/p-2/b12-10+;;. The number of nitrogens with zero attached hydrogens (tertiary/aromatic N) is 1. The maximum atomic E-state index is 13.2. The van der Waals surface area contributed by atoms with Crippen molar-refractivity contribution in [2.75, 3.05) is 0 Å². The van der Waals surface area contributed by atoms with E-state index in [1.54, 1.807) is 0 Å². The Morgan fingerprint density at radius 1 is 1.03 bits per heavy atom. The number of aromatic nitrogens is 1. The van der Waals surface area contributed by atoms with E-state index in [0.717, 1.165) is 0 Å². The molecule has 1 N–H and O–H groups in total. The summed E-state index contributed by atoms with van der Waals surface area (Å²) in [6.07, 6.45) is -0.894. The minimum Gasteiger partial charge on any atom is -0.744 e. The van der Waals surface area contributed by atoms with Crippen LogP contribution in [0.5, 0.6) is 0 Å². The third-order valence-electron chi connectivity index (χ3n) is 4.12. The summed E-state index contributed by atoms with van der Waals surface area (Å²) in [5.74, 6) is 0. The zero-order valence-corrected chi connectivity index (χ0v) is 22.4. The number of allylic oxidation sites excluding steroid dienone is 3. The minimum absolute atomic E-state index is 0. The Morgan fingerprint density at radius 3 is 1.90 bits per heavy atom. The first-order chi connectivity index (χ1) is 12.2. The molecular formula is C14H15BF2N2Na2O6S2. The van der Waals surface area contributed by atoms with Crippen LogP contribution in [0.2, 0.25) is 6.32 Å². The quantitative estimate of drug-likeness (QED) is 0.346. The summed E-state index contributed by atoms with van der Waals surface area (Å²) in [5.41, 5.74) is -0.806. The predicted octanol–water partition coefficient (Wildman–Crippen LogP) is -4.02. The van der Waals surface area contributed by atoms with Gasteiger partial charge in [0.15, 0.2) is 0 Å². The second kappa shape index (κ2) is 10.2. The molecule has 0 bridgehead atoms. The molecular weight excluding hydrogens is 451 g/mol. The van der Waals surface area contributed by atoms with Gasteiger partial charge in [-0.2, -0.15) is 0 Å². The van der Waals surface area contributed by atoms with Crippen LogP contribution < -0.4 is 59.1 Å². The van der Waals surface area contributed by atoms with Crippen LogP contribution in [0.15, 0.2) is 26.1 Å². The van der Waals surface area contributed by atoms with E-state index in [0.29, 0.717) is 0 Å². The van der Waals surface area contributed by atoms with Gasteiger partial charge in [0, 0.05) is 23.3 Å². The first-order valence-corrected chi connectivity index (χ1v) is 10.4. The first kappa shape index (κ1) is 29.2. The third-order valence-corrected chi connectivity index (χ3v) is 6.33. The predicted molar refractivity (Wildman–Crippen MR) is 93.4 cm³/mol. The summed E-state index contributed by atoms with van der Waals surface area (Å²) >= 11 is 0. The SMILES string of the molecule is CC1=N/C(=C(\CB(F)F)c2[nH]c(C)c(S(=O)(=O)[O-])c2C)C(C)=C1S(=O)(=O)[O-].[Na+].[Na+]. The fourth-order valence-electron chi connectivity index (χ4n) is 3.22. The molecule has 0 fully saturated rings. The van der Waals surface area contributed by atoms with E-state index in [2.05, 4.69) is 9.98 Å². The molecule has 2 rings (SSSR count). The molecule has 0 aromatic carbocycles. The number of aliphatic imine (C=N–C) groups is 1. The number of nitrogens with one attached hydrogen (secondary N) is 1. The second-order valence-electron chi connectivity index (χ2n) is 6.06. The van der Waals surface area contributed by atoms with Gasteiger partial charge in [0.05, 0.1) is 21.2 Å². The van der Waals surface area contributed by atoms with Gasteiger partial charge in [0.25, 0.3) is 0 Å². The second-order valence-corrected chi connectivity index (χ2v) is 8.69. The maximum absolute atomic E-state index is 13.2. The molecule has 1 aliphatic heterocycles. The Labute approximate surface area is 212 Å². The monoisotopic (exact) mass is 466 g/mol. The molecule has 0 saturated carbocycles. The van der Waals surface area contributed by atoms with Gasteiger partial charge in [-0.05, 0) is 38.8 Å². The van der Waals surface area contributed by atoms with Crippen molar-refractivity contribution in [1.82, 2.24) is 4.98 Å². The van der Waals surface area contributed by atoms with Crippen molar-refractivity contribution in [2.24, 2.45) is 4.99 Å². The van der Waals surface area contributed by atoms with Gasteiger partial charge in [-0.15, -0.1) is 0 Å². The van der Waals surface area contributed by atoms with Crippen molar-refractivity contribution >= 4 is 38.8 Å². The normalized spacial score (nSPS) is 16.2. The van der Waals surface area contributed by atoms with Crippen LogP contribution in [-0.2, 0) is 20.2 Å². The van der Waals surface area contributed by atoms with Crippen LogP contribution >= 0.6 is 0 Å². The molecule has 0 amide bonds. The number of halogens is 2. The van der Waals surface area contributed by atoms with Crippen LogP contribution in [0.3, 0.4) is 0 Å². The molecule has 0 spiro atoms. The number of hydrogen-bond donors (Lipinski definition) is 1. The molecule has 1 aromatic heterocycles. The summed E-state index contributed by atoms with van der Waals surface area (Å²) in [4.78, 5) is 5.38. The number of rotatable bonds is 5. The average molecular weight is 466 g/mol. The Hall–Kier alpha value is 0.175. The van der Waals surface area contributed by atoms with Crippen molar-refractivity contribution < 1.29 is 93.7 Å². The Kier molecular flexibility index (Phi) is 10.3. The molecule has 8 nitrogen and oxygen atoms in total. The Balaban J connectivity index is 0.00000392. The van der Waals surface area contributed by atoms with Gasteiger partial charge in [0.2, 0.25) is 0 Å². The summed E-state index contributed by atoms with van der Waals surface area (Å²) in [6, 6.07) is 0. The maximum Gasteiger partial charge on any atom is 1.00 e. The fraction of sp³-hybridized carbons (Fsp3) is 0.357. The van der Waals surface area contributed by atoms with Gasteiger partial charge >= 0.3 is 66.4 Å². The fourth-order valence-corrected chi connectivity index (χ4v) is 5.01. The summed E-state index contributed by atoms with van der Waals surface area (Å²) in [6.45, 7) is 5.07. The van der Waals surface area contributed by atoms with Crippen LogP contribution in [-0.4, -0.2) is 43.9 Å². The van der Waals surface area contributed by atoms with Gasteiger partial charge < -0.3 is 14.1 Å². The molecule has 0 radical (unpaired) electrons. The first-order valence-electron chi connectivity index (χ1n) is 7.55. The molecule has 0 unspecified atom stereocenters. The van der Waals surface area contributed by atoms with Gasteiger partial charge in [-0.25, -0.2) is 16.8 Å². The minimum atomic E-state index is -4.89. The van der Waals surface area contributed by atoms with Crippen molar-refractivity contribution in [3.8, 4) is 0 Å². The van der Waals surface area contributed by atoms with E-state index in [1.807, 2.05) is 0 Å². The van der Waals surface area contributed by atoms with Crippen molar-refractivity contribution in [3.05, 3.63) is 33.1 Å². The zero-order valence-electron chi connectivity index (χ0n) is 16.8. The van der Waals surface area contributed by atoms with Gasteiger partial charge in [-0.1, -0.05) is 0 Å². The Morgan fingerprint density at radius 2 is 1.55 bits per heavy atom. The topological polar surface area (TPSA) is 143 Å². The van der Waals surface area contributed by atoms with Crippen LogP contribution in [0.4, 0.5) is 8.63 Å². The van der Waals surface area contributed by atoms with E-state index in [-0.39, 0.29) is 98.6 Å². The van der Waals surface area contributed by atoms with Crippen molar-refractivity contribution in [1.29, 1.82) is 0 Å². The number of aryl methyl sites for hydroxylation is 1.